The number of carbonyl (C=O) groups excluding carboxylic acids is 2. The fraction of sp³-hybridized carbons (Fsp3) is 0.440. The number of anilines is 1. The Labute approximate surface area is 200 Å². The van der Waals surface area contributed by atoms with Gasteiger partial charge in [0.2, 0.25) is 15.9 Å². The highest BCUT2D eigenvalue weighted by molar-refractivity contribution is 7.89. The van der Waals surface area contributed by atoms with Crippen LogP contribution in [0.15, 0.2) is 53.4 Å². The Hall–Kier alpha value is -2.75. The number of benzene rings is 2. The minimum atomic E-state index is -3.68. The van der Waals surface area contributed by atoms with Crippen LogP contribution in [-0.4, -0.2) is 56.9 Å². The molecule has 0 unspecified atom stereocenters. The summed E-state index contributed by atoms with van der Waals surface area (Å²) in [5.41, 5.74) is 1.76. The first-order valence-electron chi connectivity index (χ1n) is 11.7. The number of amides is 2. The lowest BCUT2D eigenvalue weighted by atomic mass is 9.98. The maximum atomic E-state index is 13.1. The number of rotatable bonds is 7. The summed E-state index contributed by atoms with van der Waals surface area (Å²) in [6, 6.07) is 13.6. The molecule has 4 rings (SSSR count). The van der Waals surface area contributed by atoms with Crippen molar-refractivity contribution in [1.29, 1.82) is 0 Å². The highest BCUT2D eigenvalue weighted by atomic mass is 32.2. The molecule has 0 aliphatic carbocycles. The monoisotopic (exact) mass is 485 g/mol. The van der Waals surface area contributed by atoms with Crippen molar-refractivity contribution in [1.82, 2.24) is 9.62 Å². The Bertz CT molecular complexity index is 1130. The van der Waals surface area contributed by atoms with Crippen LogP contribution < -0.4 is 10.6 Å². The molecule has 2 aromatic carbocycles. The second-order valence-corrected chi connectivity index (χ2v) is 10.8. The first-order chi connectivity index (χ1) is 16.3. The van der Waals surface area contributed by atoms with E-state index < -0.39 is 15.9 Å². The zero-order valence-electron chi connectivity index (χ0n) is 19.3. The molecule has 0 radical (unpaired) electrons. The van der Waals surface area contributed by atoms with Crippen molar-refractivity contribution < 1.29 is 22.7 Å². The molecule has 2 heterocycles. The first-order valence-corrected chi connectivity index (χ1v) is 13.1. The third kappa shape index (κ3) is 5.65. The average Bonchev–Trinajstić information content (AvgIpc) is 3.37. The van der Waals surface area contributed by atoms with E-state index in [0.29, 0.717) is 43.8 Å². The maximum absolute atomic E-state index is 13.1. The zero-order chi connectivity index (χ0) is 24.1. The average molecular weight is 486 g/mol. The van der Waals surface area contributed by atoms with Gasteiger partial charge in [0.1, 0.15) is 0 Å². The molecule has 9 heteroatoms. The maximum Gasteiger partial charge on any atom is 0.253 e. The summed E-state index contributed by atoms with van der Waals surface area (Å²) in [5, 5.41) is 5.74. The predicted octanol–water partition coefficient (Wildman–Crippen LogP) is 2.94. The van der Waals surface area contributed by atoms with E-state index in [2.05, 4.69) is 10.6 Å². The summed E-state index contributed by atoms with van der Waals surface area (Å²) in [6.45, 7) is 3.52. The summed E-state index contributed by atoms with van der Waals surface area (Å²) in [4.78, 5) is 26.0. The highest BCUT2D eigenvalue weighted by Crippen LogP contribution is 2.26. The molecule has 0 spiro atoms. The molecular weight excluding hydrogens is 454 g/mol. The van der Waals surface area contributed by atoms with Gasteiger partial charge in [-0.3, -0.25) is 9.59 Å². The third-order valence-electron chi connectivity index (χ3n) is 6.36. The molecule has 2 fully saturated rings. The Kier molecular flexibility index (Phi) is 7.65. The summed E-state index contributed by atoms with van der Waals surface area (Å²) in [6.07, 6.45) is 3.11. The normalized spacial score (nSPS) is 21.2. The fourth-order valence-corrected chi connectivity index (χ4v) is 5.89. The summed E-state index contributed by atoms with van der Waals surface area (Å²) in [5.74, 6) is -1.07. The molecule has 0 aromatic heterocycles. The number of sulfonamides is 1. The number of aryl methyl sites for hydroxylation is 1. The molecule has 2 amide bonds. The van der Waals surface area contributed by atoms with Crippen molar-refractivity contribution >= 4 is 27.5 Å². The van der Waals surface area contributed by atoms with Gasteiger partial charge in [-0.15, -0.1) is 0 Å². The SMILES string of the molecule is Cc1ccc(S(=O)(=O)N2CCC[C@@H](C(=O)Nc3ccccc3C(=O)NC[C@@H]3CCCO3)C2)cc1. The van der Waals surface area contributed by atoms with E-state index in [-0.39, 0.29) is 29.4 Å². The quantitative estimate of drug-likeness (QED) is 0.628. The first kappa shape index (κ1) is 24.4. The minimum Gasteiger partial charge on any atom is -0.376 e. The molecule has 34 heavy (non-hydrogen) atoms. The number of piperidine rings is 1. The highest BCUT2D eigenvalue weighted by Gasteiger charge is 2.33. The van der Waals surface area contributed by atoms with E-state index in [4.69, 9.17) is 4.74 Å². The van der Waals surface area contributed by atoms with Crippen LogP contribution in [0.1, 0.15) is 41.6 Å². The molecule has 2 aromatic rings. The molecular formula is C25H31N3O5S. The fourth-order valence-electron chi connectivity index (χ4n) is 4.37. The van der Waals surface area contributed by atoms with E-state index >= 15 is 0 Å². The van der Waals surface area contributed by atoms with Gasteiger partial charge in [0.05, 0.1) is 28.2 Å². The van der Waals surface area contributed by atoms with Crippen LogP contribution in [-0.2, 0) is 19.6 Å². The van der Waals surface area contributed by atoms with Gasteiger partial charge in [-0.2, -0.15) is 4.31 Å². The van der Waals surface area contributed by atoms with E-state index in [9.17, 15) is 18.0 Å². The molecule has 2 aliphatic heterocycles. The van der Waals surface area contributed by atoms with Gasteiger partial charge in [-0.1, -0.05) is 29.8 Å². The number of ether oxygens (including phenoxy) is 1. The van der Waals surface area contributed by atoms with E-state index in [0.717, 1.165) is 18.4 Å². The molecule has 2 N–H and O–H groups in total. The van der Waals surface area contributed by atoms with E-state index in [1.165, 1.54) is 4.31 Å². The lowest BCUT2D eigenvalue weighted by Crippen LogP contribution is -2.43. The van der Waals surface area contributed by atoms with Crippen molar-refractivity contribution in [2.45, 2.75) is 43.6 Å². The van der Waals surface area contributed by atoms with Gasteiger partial charge < -0.3 is 15.4 Å². The summed E-state index contributed by atoms with van der Waals surface area (Å²) in [7, 11) is -3.68. The Balaban J connectivity index is 1.41. The number of para-hydroxylation sites is 1. The van der Waals surface area contributed by atoms with Crippen molar-refractivity contribution in [3.8, 4) is 0 Å². The van der Waals surface area contributed by atoms with Crippen LogP contribution in [0.5, 0.6) is 0 Å². The molecule has 2 aliphatic rings. The van der Waals surface area contributed by atoms with Crippen molar-refractivity contribution in [2.75, 3.05) is 31.6 Å². The van der Waals surface area contributed by atoms with Crippen molar-refractivity contribution in [3.05, 3.63) is 59.7 Å². The number of hydrogen-bond donors (Lipinski definition) is 2. The van der Waals surface area contributed by atoms with Crippen LogP contribution in [0.4, 0.5) is 5.69 Å². The van der Waals surface area contributed by atoms with Gasteiger partial charge in [0, 0.05) is 26.2 Å². The Morgan fingerprint density at radius 2 is 1.82 bits per heavy atom. The second-order valence-electron chi connectivity index (χ2n) is 8.90. The molecule has 0 bridgehead atoms. The molecule has 0 saturated carbocycles. The lowest BCUT2D eigenvalue weighted by molar-refractivity contribution is -0.120. The number of nitrogens with zero attached hydrogens (tertiary/aromatic N) is 1. The minimum absolute atomic E-state index is 0.0226. The zero-order valence-corrected chi connectivity index (χ0v) is 20.1. The predicted molar refractivity (Wildman–Crippen MR) is 129 cm³/mol. The van der Waals surface area contributed by atoms with Gasteiger partial charge in [-0.25, -0.2) is 8.42 Å². The number of carbonyl (C=O) groups is 2. The lowest BCUT2D eigenvalue weighted by Gasteiger charge is -2.31. The standard InChI is InChI=1S/C25H31N3O5S/c1-18-10-12-21(13-11-18)34(31,32)28-14-4-6-19(17-28)24(29)27-23-9-3-2-8-22(23)25(30)26-16-20-7-5-15-33-20/h2-3,8-13,19-20H,4-7,14-17H2,1H3,(H,26,30)(H,27,29)/t19-,20+/m1/s1. The molecule has 8 nitrogen and oxygen atoms in total. The van der Waals surface area contributed by atoms with Crippen LogP contribution in [0.2, 0.25) is 0 Å². The summed E-state index contributed by atoms with van der Waals surface area (Å²) >= 11 is 0. The van der Waals surface area contributed by atoms with Crippen LogP contribution in [0.3, 0.4) is 0 Å². The van der Waals surface area contributed by atoms with Crippen LogP contribution in [0, 0.1) is 12.8 Å². The Morgan fingerprint density at radius 3 is 2.56 bits per heavy atom. The number of hydrogen-bond acceptors (Lipinski definition) is 5. The van der Waals surface area contributed by atoms with Gasteiger partial charge in [0.25, 0.3) is 5.91 Å². The van der Waals surface area contributed by atoms with Crippen LogP contribution >= 0.6 is 0 Å². The number of nitrogens with one attached hydrogen (secondary N) is 2. The van der Waals surface area contributed by atoms with Crippen LogP contribution in [0.25, 0.3) is 0 Å². The smallest absolute Gasteiger partial charge is 0.253 e. The third-order valence-corrected chi connectivity index (χ3v) is 8.24. The molecule has 182 valence electrons. The summed E-state index contributed by atoms with van der Waals surface area (Å²) < 4.78 is 33.1. The molecule has 2 atom stereocenters. The van der Waals surface area contributed by atoms with Gasteiger partial charge in [0.15, 0.2) is 0 Å². The second kappa shape index (κ2) is 10.7. The van der Waals surface area contributed by atoms with E-state index in [1.807, 2.05) is 6.92 Å². The Morgan fingerprint density at radius 1 is 1.06 bits per heavy atom. The van der Waals surface area contributed by atoms with Crippen molar-refractivity contribution in [3.63, 3.8) is 0 Å². The topological polar surface area (TPSA) is 105 Å². The van der Waals surface area contributed by atoms with Gasteiger partial charge in [-0.05, 0) is 56.9 Å². The molecule has 2 saturated heterocycles. The van der Waals surface area contributed by atoms with E-state index in [1.54, 1.807) is 48.5 Å². The van der Waals surface area contributed by atoms with Gasteiger partial charge >= 0.3 is 0 Å². The van der Waals surface area contributed by atoms with Crippen molar-refractivity contribution in [2.24, 2.45) is 5.92 Å². The largest absolute Gasteiger partial charge is 0.376 e.